The van der Waals surface area contributed by atoms with Gasteiger partial charge in [0.15, 0.2) is 5.78 Å². The highest BCUT2D eigenvalue weighted by atomic mass is 32.2. The summed E-state index contributed by atoms with van der Waals surface area (Å²) in [4.78, 5) is 17.0. The van der Waals surface area contributed by atoms with Crippen molar-refractivity contribution >= 4 is 34.6 Å². The van der Waals surface area contributed by atoms with Crippen LogP contribution in [0.3, 0.4) is 0 Å². The Hall–Kier alpha value is -4.22. The smallest absolute Gasteiger partial charge is 0.155 e. The molecule has 1 aliphatic heterocycles. The Morgan fingerprint density at radius 3 is 1.84 bits per heavy atom. The molecule has 4 aromatic carbocycles. The summed E-state index contributed by atoms with van der Waals surface area (Å²) in [5.41, 5.74) is 10.4. The number of nitrogens with one attached hydrogen (secondary N) is 1. The van der Waals surface area contributed by atoms with Gasteiger partial charge in [-0.1, -0.05) is 108 Å². The molecule has 0 saturated carbocycles. The van der Waals surface area contributed by atoms with Gasteiger partial charge in [0, 0.05) is 27.2 Å². The van der Waals surface area contributed by atoms with Crippen molar-refractivity contribution in [2.45, 2.75) is 121 Å². The Morgan fingerprint density at radius 2 is 1.31 bits per heavy atom. The van der Waals surface area contributed by atoms with Crippen LogP contribution in [-0.4, -0.2) is 17.9 Å². The molecule has 0 amide bonds. The first-order valence-corrected chi connectivity index (χ1v) is 20.0. The third kappa shape index (κ3) is 8.81. The zero-order valence-corrected chi connectivity index (χ0v) is 32.0. The molecular weight excluding hydrogens is 645 g/mol. The van der Waals surface area contributed by atoms with Crippen LogP contribution in [-0.2, 0) is 4.79 Å². The fourth-order valence-corrected chi connectivity index (χ4v) is 8.24. The number of fused-ring (bicyclic) bond motifs is 2. The first-order valence-electron chi connectivity index (χ1n) is 19.2. The highest BCUT2D eigenvalue weighted by molar-refractivity contribution is 7.99. The van der Waals surface area contributed by atoms with E-state index in [0.29, 0.717) is 6.04 Å². The second kappa shape index (κ2) is 17.3. The van der Waals surface area contributed by atoms with Gasteiger partial charge < -0.3 is 15.0 Å². The molecule has 0 fully saturated rings. The van der Waals surface area contributed by atoms with E-state index in [4.69, 9.17) is 4.74 Å². The van der Waals surface area contributed by atoms with E-state index in [-0.39, 0.29) is 11.9 Å². The Labute approximate surface area is 310 Å². The summed E-state index contributed by atoms with van der Waals surface area (Å²) in [5.74, 6) is 1.10. The average molecular weight is 699 g/mol. The predicted molar refractivity (Wildman–Crippen MR) is 218 cm³/mol. The van der Waals surface area contributed by atoms with Crippen molar-refractivity contribution in [1.29, 1.82) is 0 Å². The minimum absolute atomic E-state index is 0.157. The lowest BCUT2D eigenvalue weighted by molar-refractivity contribution is -0.113. The number of unbranched alkanes of at least 4 members (excludes halogenated alkanes) is 2. The molecule has 0 aromatic heterocycles. The quantitative estimate of drug-likeness (QED) is 0.126. The number of rotatable bonds is 16. The number of benzene rings is 4. The molecule has 6 rings (SSSR count). The van der Waals surface area contributed by atoms with Gasteiger partial charge in [-0.2, -0.15) is 0 Å². The Morgan fingerprint density at radius 1 is 0.725 bits per heavy atom. The van der Waals surface area contributed by atoms with Gasteiger partial charge in [0.25, 0.3) is 0 Å². The van der Waals surface area contributed by atoms with Crippen molar-refractivity contribution in [3.63, 3.8) is 0 Å². The number of Topliss-reactive ketones (excluding diaryl/α,β-unsaturated/α-hetero) is 1. The zero-order chi connectivity index (χ0) is 35.7. The number of carbonyl (C=O) groups excluding carboxylic acids is 1. The normalized spacial score (nSPS) is 14.9. The molecule has 4 nitrogen and oxygen atoms in total. The van der Waals surface area contributed by atoms with Crippen LogP contribution >= 0.6 is 11.8 Å². The maximum absolute atomic E-state index is 12.2. The fraction of sp³-hybridized carbons (Fsp3) is 0.370. The van der Waals surface area contributed by atoms with Crippen LogP contribution in [0.15, 0.2) is 118 Å². The van der Waals surface area contributed by atoms with Crippen LogP contribution in [0.5, 0.6) is 5.75 Å². The van der Waals surface area contributed by atoms with Crippen LogP contribution in [0, 0.1) is 0 Å². The molecule has 0 radical (unpaired) electrons. The van der Waals surface area contributed by atoms with Crippen molar-refractivity contribution in [3.05, 3.63) is 108 Å². The molecule has 1 aliphatic carbocycles. The van der Waals surface area contributed by atoms with E-state index >= 15 is 0 Å². The lowest BCUT2D eigenvalue weighted by Gasteiger charge is -2.36. The summed E-state index contributed by atoms with van der Waals surface area (Å²) >= 11 is 1.84. The second-order valence-electron chi connectivity index (χ2n) is 14.0. The minimum atomic E-state index is 0.157. The molecule has 2 atom stereocenters. The van der Waals surface area contributed by atoms with Gasteiger partial charge >= 0.3 is 0 Å². The third-order valence-corrected chi connectivity index (χ3v) is 11.4. The number of anilines is 3. The van der Waals surface area contributed by atoms with E-state index in [1.807, 2.05) is 17.8 Å². The van der Waals surface area contributed by atoms with Crippen molar-refractivity contribution in [1.82, 2.24) is 0 Å². The molecule has 2 unspecified atom stereocenters. The summed E-state index contributed by atoms with van der Waals surface area (Å²) in [6, 6.07) is 31.7. The average Bonchev–Trinajstić information content (AvgIpc) is 3.17. The number of hydrogen-bond donors (Lipinski definition) is 1. The van der Waals surface area contributed by atoms with Gasteiger partial charge in [0.2, 0.25) is 0 Å². The van der Waals surface area contributed by atoms with E-state index in [9.17, 15) is 4.79 Å². The van der Waals surface area contributed by atoms with E-state index < -0.39 is 0 Å². The Kier molecular flexibility index (Phi) is 12.4. The van der Waals surface area contributed by atoms with Crippen LogP contribution in [0.4, 0.5) is 17.1 Å². The second-order valence-corrected chi connectivity index (χ2v) is 15.1. The molecule has 2 aliphatic rings. The lowest BCUT2D eigenvalue weighted by Crippen LogP contribution is -2.22. The van der Waals surface area contributed by atoms with Gasteiger partial charge in [-0.05, 0) is 128 Å². The summed E-state index contributed by atoms with van der Waals surface area (Å²) in [6.07, 6.45) is 15.3. The highest BCUT2D eigenvalue weighted by Gasteiger charge is 2.28. The summed E-state index contributed by atoms with van der Waals surface area (Å²) in [7, 11) is 0. The van der Waals surface area contributed by atoms with E-state index in [0.717, 1.165) is 43.4 Å². The molecule has 51 heavy (non-hydrogen) atoms. The molecular formula is C46H54N2O2S. The molecule has 1 heterocycles. The standard InChI is InChI=1S/C46H54N2O2S/c1-6-10-12-38(8-3)47-39-22-14-34(15-23-39)36-20-28-43-45(30-36)51-46-31-37(35-18-26-42(27-19-35)50-41(9-4)13-11-7-2)21-29-44(46)48(43)40-24-16-33(17-25-40)32(5)49/h14-16,18-24,26-31,38,41,47H,6-13,17,25H2,1-5H3. The molecule has 1 N–H and O–H groups in total. The monoisotopic (exact) mass is 698 g/mol. The van der Waals surface area contributed by atoms with E-state index in [1.54, 1.807) is 6.92 Å². The van der Waals surface area contributed by atoms with Gasteiger partial charge in [0.05, 0.1) is 17.5 Å². The number of ketones is 1. The van der Waals surface area contributed by atoms with Crippen molar-refractivity contribution in [3.8, 4) is 28.0 Å². The SMILES string of the molecule is CCCCC(CC)Nc1ccc(-c2ccc3c(c2)Sc2cc(-c4ccc(OC(CC)CCCC)cc4)ccc2N3C2=CC=C(C(C)=O)CC2)cc1. The van der Waals surface area contributed by atoms with Crippen LogP contribution in [0.25, 0.3) is 22.3 Å². The maximum Gasteiger partial charge on any atom is 0.155 e. The minimum Gasteiger partial charge on any atom is -0.490 e. The van der Waals surface area contributed by atoms with Crippen molar-refractivity contribution in [2.75, 3.05) is 10.2 Å². The van der Waals surface area contributed by atoms with Gasteiger partial charge in [-0.25, -0.2) is 0 Å². The molecule has 0 saturated heterocycles. The molecule has 5 heteroatoms. The number of nitrogens with zero attached hydrogens (tertiary/aromatic N) is 1. The number of hydrogen-bond acceptors (Lipinski definition) is 5. The molecule has 0 bridgehead atoms. The van der Waals surface area contributed by atoms with Gasteiger partial charge in [-0.3, -0.25) is 4.79 Å². The van der Waals surface area contributed by atoms with Crippen LogP contribution in [0.2, 0.25) is 0 Å². The first-order chi connectivity index (χ1) is 24.9. The summed E-state index contributed by atoms with van der Waals surface area (Å²) < 4.78 is 6.33. The fourth-order valence-electron chi connectivity index (χ4n) is 7.10. The maximum atomic E-state index is 12.2. The molecule has 0 spiro atoms. The van der Waals surface area contributed by atoms with E-state index in [2.05, 4.69) is 129 Å². The Bertz CT molecular complexity index is 1750. The molecule has 266 valence electrons. The zero-order valence-electron chi connectivity index (χ0n) is 31.1. The van der Waals surface area contributed by atoms with Gasteiger partial charge in [0.1, 0.15) is 5.75 Å². The van der Waals surface area contributed by atoms with Crippen molar-refractivity contribution < 1.29 is 9.53 Å². The number of ether oxygens (including phenoxy) is 1. The largest absolute Gasteiger partial charge is 0.490 e. The number of carbonyl (C=O) groups is 1. The predicted octanol–water partition coefficient (Wildman–Crippen LogP) is 13.5. The van der Waals surface area contributed by atoms with Crippen LogP contribution in [0.1, 0.15) is 98.8 Å². The van der Waals surface area contributed by atoms with Crippen LogP contribution < -0.4 is 15.0 Å². The lowest BCUT2D eigenvalue weighted by atomic mass is 9.97. The third-order valence-electron chi connectivity index (χ3n) is 10.3. The van der Waals surface area contributed by atoms with Gasteiger partial charge in [-0.15, -0.1) is 0 Å². The summed E-state index contributed by atoms with van der Waals surface area (Å²) in [6.45, 7) is 10.6. The number of allylic oxidation sites excluding steroid dienone is 4. The first kappa shape index (κ1) is 36.6. The van der Waals surface area contributed by atoms with E-state index in [1.165, 1.54) is 86.9 Å². The highest BCUT2D eigenvalue weighted by Crippen LogP contribution is 2.52. The Balaban J connectivity index is 1.30. The topological polar surface area (TPSA) is 41.6 Å². The van der Waals surface area contributed by atoms with Crippen molar-refractivity contribution in [2.24, 2.45) is 0 Å². The summed E-state index contributed by atoms with van der Waals surface area (Å²) in [5, 5.41) is 3.75. The molecule has 4 aromatic rings.